The monoisotopic (exact) mass is 387 g/mol. The third kappa shape index (κ3) is 4.25. The fourth-order valence-corrected chi connectivity index (χ4v) is 2.94. The van der Waals surface area contributed by atoms with E-state index in [-0.39, 0.29) is 5.56 Å². The van der Waals surface area contributed by atoms with E-state index in [1.807, 2.05) is 0 Å². The summed E-state index contributed by atoms with van der Waals surface area (Å²) in [5.74, 6) is -5.76. The van der Waals surface area contributed by atoms with Crippen molar-refractivity contribution < 1.29 is 28.7 Å². The highest BCUT2D eigenvalue weighted by atomic mass is 16.5. The van der Waals surface area contributed by atoms with Gasteiger partial charge in [0, 0.05) is 17.5 Å². The van der Waals surface area contributed by atoms with Gasteiger partial charge in [0.05, 0.1) is 25.3 Å². The molecule has 28 heavy (non-hydrogen) atoms. The number of methoxy groups -OCH3 is 2. The number of benzene rings is 1. The van der Waals surface area contributed by atoms with Crippen molar-refractivity contribution in [3.05, 3.63) is 42.1 Å². The van der Waals surface area contributed by atoms with Gasteiger partial charge in [0.1, 0.15) is 6.04 Å². The number of fused-ring (bicyclic) bond motifs is 1. The smallest absolute Gasteiger partial charge is 0.320 e. The number of nitrogens with two attached hydrogens (primary N) is 1. The molecule has 2 atom stereocenters. The van der Waals surface area contributed by atoms with Crippen LogP contribution in [0.4, 0.5) is 0 Å². The summed E-state index contributed by atoms with van der Waals surface area (Å²) in [6.45, 7) is 1.43. The maximum Gasteiger partial charge on any atom is 0.320 e. The van der Waals surface area contributed by atoms with Crippen LogP contribution < -0.4 is 11.1 Å². The molecule has 9 heteroatoms. The molecule has 0 saturated heterocycles. The number of hydrogen-bond acceptors (Lipinski definition) is 7. The molecule has 1 heterocycles. The van der Waals surface area contributed by atoms with Gasteiger partial charge >= 0.3 is 11.9 Å². The molecule has 2 aromatic rings. The Balaban J connectivity index is 2.35. The minimum atomic E-state index is -1.43. The van der Waals surface area contributed by atoms with Crippen molar-refractivity contribution >= 4 is 34.7 Å². The Kier molecular flexibility index (Phi) is 6.64. The molecule has 9 nitrogen and oxygen atoms in total. The number of para-hydroxylation sites is 1. The van der Waals surface area contributed by atoms with Gasteiger partial charge in [0.25, 0.3) is 5.91 Å². The van der Waals surface area contributed by atoms with Crippen LogP contribution in [0.15, 0.2) is 36.5 Å². The molecule has 3 N–H and O–H groups in total. The molecule has 148 valence electrons. The van der Waals surface area contributed by atoms with E-state index in [1.54, 1.807) is 30.3 Å². The van der Waals surface area contributed by atoms with Crippen molar-refractivity contribution in [3.63, 3.8) is 0 Å². The van der Waals surface area contributed by atoms with Gasteiger partial charge in [-0.2, -0.15) is 0 Å². The summed E-state index contributed by atoms with van der Waals surface area (Å²) >= 11 is 0. The topological polar surface area (TPSA) is 138 Å². The van der Waals surface area contributed by atoms with Crippen LogP contribution in [0.2, 0.25) is 0 Å². The Morgan fingerprint density at radius 3 is 2.21 bits per heavy atom. The number of amides is 2. The minimum absolute atomic E-state index is 0.226. The lowest BCUT2D eigenvalue weighted by atomic mass is 9.86. The molecule has 0 fully saturated rings. The summed E-state index contributed by atoms with van der Waals surface area (Å²) in [6, 6.07) is 7.21. The number of hydrogen-bond donors (Lipinski definition) is 2. The zero-order valence-electron chi connectivity index (χ0n) is 15.7. The fraction of sp³-hybridized carbons (Fsp3) is 0.316. The second-order valence-electron chi connectivity index (χ2n) is 6.12. The summed E-state index contributed by atoms with van der Waals surface area (Å²) in [5, 5.41) is 3.23. The number of carbonyl (C=O) groups is 4. The first-order valence-electron chi connectivity index (χ1n) is 8.41. The van der Waals surface area contributed by atoms with Gasteiger partial charge in [0.2, 0.25) is 5.91 Å². The zero-order valence-corrected chi connectivity index (χ0v) is 15.7. The lowest BCUT2D eigenvalue weighted by Gasteiger charge is -2.26. The van der Waals surface area contributed by atoms with Crippen molar-refractivity contribution in [1.29, 1.82) is 0 Å². The number of nitrogens with zero attached hydrogens (tertiary/aromatic N) is 1. The average Bonchev–Trinajstić information content (AvgIpc) is 2.70. The largest absolute Gasteiger partial charge is 0.468 e. The molecule has 2 rings (SSSR count). The molecule has 1 aromatic carbocycles. The number of primary amides is 1. The Labute approximate surface area is 161 Å². The second kappa shape index (κ2) is 8.94. The molecule has 0 aliphatic rings. The highest BCUT2D eigenvalue weighted by Crippen LogP contribution is 2.21. The molecular weight excluding hydrogens is 366 g/mol. The van der Waals surface area contributed by atoms with Gasteiger partial charge in [-0.25, -0.2) is 0 Å². The van der Waals surface area contributed by atoms with Gasteiger partial charge in [0.15, 0.2) is 5.92 Å². The van der Waals surface area contributed by atoms with Crippen LogP contribution in [-0.2, 0) is 23.9 Å². The van der Waals surface area contributed by atoms with Crippen molar-refractivity contribution in [1.82, 2.24) is 10.3 Å². The molecule has 0 aliphatic heterocycles. The Bertz CT molecular complexity index is 892. The van der Waals surface area contributed by atoms with Crippen LogP contribution >= 0.6 is 0 Å². The maximum atomic E-state index is 12.8. The summed E-state index contributed by atoms with van der Waals surface area (Å²) < 4.78 is 9.24. The standard InChI is InChI=1S/C19H21N3O6/c1-10(13(18(25)27-2)19(26)28-3)14(16(20)23)22-17(24)12-8-4-6-11-7-5-9-21-15(11)12/h4-10,13-14H,1-3H3,(H2,20,23)(H,22,24)/t10-,14-/m1/s1. The highest BCUT2D eigenvalue weighted by molar-refractivity contribution is 6.07. The first kappa shape index (κ1) is 20.8. The molecule has 0 saturated carbocycles. The van der Waals surface area contributed by atoms with Gasteiger partial charge in [-0.1, -0.05) is 25.1 Å². The van der Waals surface area contributed by atoms with Crippen LogP contribution in [0.25, 0.3) is 10.9 Å². The third-order valence-corrected chi connectivity index (χ3v) is 4.43. The lowest BCUT2D eigenvalue weighted by molar-refractivity contribution is -0.161. The Hall–Kier alpha value is -3.49. The van der Waals surface area contributed by atoms with Gasteiger partial charge in [-0.05, 0) is 12.1 Å². The Morgan fingerprint density at radius 1 is 1.04 bits per heavy atom. The van der Waals surface area contributed by atoms with E-state index in [0.717, 1.165) is 19.6 Å². The van der Waals surface area contributed by atoms with Crippen molar-refractivity contribution in [2.24, 2.45) is 17.6 Å². The summed E-state index contributed by atoms with van der Waals surface area (Å²) in [4.78, 5) is 53.0. The molecule has 0 radical (unpaired) electrons. The number of pyridine rings is 1. The summed E-state index contributed by atoms with van der Waals surface area (Å²) in [5.41, 5.74) is 6.09. The second-order valence-corrected chi connectivity index (χ2v) is 6.12. The third-order valence-electron chi connectivity index (χ3n) is 4.43. The molecule has 2 amide bonds. The van der Waals surface area contributed by atoms with E-state index >= 15 is 0 Å². The van der Waals surface area contributed by atoms with E-state index in [2.05, 4.69) is 19.8 Å². The van der Waals surface area contributed by atoms with Crippen molar-refractivity contribution in [3.8, 4) is 0 Å². The first-order valence-corrected chi connectivity index (χ1v) is 8.41. The lowest BCUT2D eigenvalue weighted by Crippen LogP contribution is -2.52. The normalized spacial score (nSPS) is 12.9. The molecule has 1 aromatic heterocycles. The number of aromatic nitrogens is 1. The number of esters is 2. The van der Waals surface area contributed by atoms with E-state index in [4.69, 9.17) is 5.73 Å². The SMILES string of the molecule is COC(=O)C(C(=O)OC)[C@@H](C)[C@@H](NC(=O)c1cccc2cccnc12)C(N)=O. The predicted molar refractivity (Wildman–Crippen MR) is 98.9 cm³/mol. The van der Waals surface area contributed by atoms with Crippen LogP contribution in [0.3, 0.4) is 0 Å². The van der Waals surface area contributed by atoms with E-state index in [1.165, 1.54) is 13.1 Å². The average molecular weight is 387 g/mol. The predicted octanol–water partition coefficient (Wildman–Crippen LogP) is 0.417. The van der Waals surface area contributed by atoms with Crippen LogP contribution in [0.5, 0.6) is 0 Å². The number of carbonyl (C=O) groups excluding carboxylic acids is 4. The first-order chi connectivity index (χ1) is 13.3. The van der Waals surface area contributed by atoms with Crippen molar-refractivity contribution in [2.45, 2.75) is 13.0 Å². The number of rotatable bonds is 7. The van der Waals surface area contributed by atoms with Crippen LogP contribution in [-0.4, -0.2) is 49.0 Å². The van der Waals surface area contributed by atoms with E-state index in [0.29, 0.717) is 5.52 Å². The Morgan fingerprint density at radius 2 is 1.64 bits per heavy atom. The summed E-state index contributed by atoms with van der Waals surface area (Å²) in [6.07, 6.45) is 1.54. The van der Waals surface area contributed by atoms with Crippen LogP contribution in [0.1, 0.15) is 17.3 Å². The molecule has 0 spiro atoms. The number of ether oxygens (including phenoxy) is 2. The minimum Gasteiger partial charge on any atom is -0.468 e. The van der Waals surface area contributed by atoms with E-state index in [9.17, 15) is 19.2 Å². The van der Waals surface area contributed by atoms with Crippen molar-refractivity contribution in [2.75, 3.05) is 14.2 Å². The highest BCUT2D eigenvalue weighted by Gasteiger charge is 2.41. The quantitative estimate of drug-likeness (QED) is 0.518. The molecular formula is C19H21N3O6. The summed E-state index contributed by atoms with van der Waals surface area (Å²) in [7, 11) is 2.20. The fourth-order valence-electron chi connectivity index (χ4n) is 2.94. The maximum absolute atomic E-state index is 12.8. The zero-order chi connectivity index (χ0) is 20.8. The molecule has 0 bridgehead atoms. The molecule has 0 aliphatic carbocycles. The van der Waals surface area contributed by atoms with Gasteiger partial charge in [-0.15, -0.1) is 0 Å². The van der Waals surface area contributed by atoms with E-state index < -0.39 is 41.6 Å². The number of nitrogens with one attached hydrogen (secondary N) is 1. The van der Waals surface area contributed by atoms with Gasteiger partial charge < -0.3 is 20.5 Å². The molecule has 0 unspecified atom stereocenters. The van der Waals surface area contributed by atoms with Gasteiger partial charge in [-0.3, -0.25) is 24.2 Å². The van der Waals surface area contributed by atoms with Crippen LogP contribution in [0, 0.1) is 11.8 Å².